The van der Waals surface area contributed by atoms with Gasteiger partial charge in [0.15, 0.2) is 0 Å². The number of hydrogen-bond acceptors (Lipinski definition) is 4. The van der Waals surface area contributed by atoms with Crippen molar-refractivity contribution in [1.29, 1.82) is 5.41 Å². The molecule has 1 saturated heterocycles. The van der Waals surface area contributed by atoms with Gasteiger partial charge in [-0.2, -0.15) is 0 Å². The lowest BCUT2D eigenvalue weighted by atomic mass is 9.71. The number of piperidine rings is 1. The third-order valence-corrected chi connectivity index (χ3v) is 4.76. The predicted octanol–water partition coefficient (Wildman–Crippen LogP) is 1.50. The van der Waals surface area contributed by atoms with Crippen LogP contribution in [0, 0.1) is 11.3 Å². The largest absolute Gasteiger partial charge is 0.389 e. The first-order valence-electron chi connectivity index (χ1n) is 7.37. The van der Waals surface area contributed by atoms with Crippen molar-refractivity contribution in [2.45, 2.75) is 37.7 Å². The summed E-state index contributed by atoms with van der Waals surface area (Å²) in [4.78, 5) is 6.67. The van der Waals surface area contributed by atoms with Crippen molar-refractivity contribution in [3.05, 3.63) is 23.9 Å². The first-order valence-corrected chi connectivity index (χ1v) is 7.37. The third kappa shape index (κ3) is 2.38. The van der Waals surface area contributed by atoms with E-state index in [1.54, 1.807) is 6.07 Å². The van der Waals surface area contributed by atoms with E-state index in [1.165, 1.54) is 6.42 Å². The van der Waals surface area contributed by atoms with Gasteiger partial charge in [-0.25, -0.2) is 4.98 Å². The van der Waals surface area contributed by atoms with Crippen LogP contribution in [0.4, 0.5) is 5.82 Å². The molecule has 0 bridgehead atoms. The number of nitrogen functional groups attached to an aromatic ring is 1. The summed E-state index contributed by atoms with van der Waals surface area (Å²) >= 11 is 0. The molecule has 3 rings (SSSR count). The van der Waals surface area contributed by atoms with E-state index in [0.717, 1.165) is 44.6 Å². The van der Waals surface area contributed by atoms with Gasteiger partial charge < -0.3 is 15.7 Å². The molecule has 1 saturated carbocycles. The van der Waals surface area contributed by atoms with E-state index in [0.29, 0.717) is 11.6 Å². The van der Waals surface area contributed by atoms with Gasteiger partial charge in [0.2, 0.25) is 0 Å². The van der Waals surface area contributed by atoms with Gasteiger partial charge in [-0.15, -0.1) is 0 Å². The van der Waals surface area contributed by atoms with E-state index in [-0.39, 0.29) is 5.84 Å². The molecule has 0 amide bonds. The Labute approximate surface area is 119 Å². The quantitative estimate of drug-likeness (QED) is 0.563. The Balaban J connectivity index is 1.79. The lowest BCUT2D eigenvalue weighted by Crippen LogP contribution is -2.53. The summed E-state index contributed by atoms with van der Waals surface area (Å²) in [5.41, 5.74) is 5.56. The van der Waals surface area contributed by atoms with Crippen LogP contribution in [0.15, 0.2) is 18.2 Å². The highest BCUT2D eigenvalue weighted by Gasteiger charge is 2.42. The van der Waals surface area contributed by atoms with Gasteiger partial charge >= 0.3 is 0 Å². The molecule has 20 heavy (non-hydrogen) atoms. The fourth-order valence-electron chi connectivity index (χ4n) is 3.53. The SMILES string of the molecule is N=C(N)c1cccc(N2CCC3(O)CCCCC3C2)n1. The highest BCUT2D eigenvalue weighted by molar-refractivity contribution is 5.93. The number of hydrogen-bond donors (Lipinski definition) is 3. The maximum Gasteiger partial charge on any atom is 0.141 e. The van der Waals surface area contributed by atoms with Crippen LogP contribution in [0.5, 0.6) is 0 Å². The zero-order chi connectivity index (χ0) is 14.2. The lowest BCUT2D eigenvalue weighted by Gasteiger charge is -2.47. The monoisotopic (exact) mass is 274 g/mol. The molecular formula is C15H22N4O. The zero-order valence-corrected chi connectivity index (χ0v) is 11.7. The maximum atomic E-state index is 10.7. The van der Waals surface area contributed by atoms with Gasteiger partial charge in [0, 0.05) is 19.0 Å². The summed E-state index contributed by atoms with van der Waals surface area (Å²) in [6.07, 6.45) is 5.20. The minimum absolute atomic E-state index is 0.00182. The van der Waals surface area contributed by atoms with Gasteiger partial charge in [0.05, 0.1) is 5.60 Å². The van der Waals surface area contributed by atoms with Crippen LogP contribution < -0.4 is 10.6 Å². The number of amidine groups is 1. The average molecular weight is 274 g/mol. The van der Waals surface area contributed by atoms with Crippen molar-refractivity contribution in [2.75, 3.05) is 18.0 Å². The van der Waals surface area contributed by atoms with Gasteiger partial charge in [0.25, 0.3) is 0 Å². The Morgan fingerprint density at radius 1 is 1.40 bits per heavy atom. The van der Waals surface area contributed by atoms with Crippen molar-refractivity contribution in [1.82, 2.24) is 4.98 Å². The topological polar surface area (TPSA) is 86.2 Å². The number of anilines is 1. The summed E-state index contributed by atoms with van der Waals surface area (Å²) in [5, 5.41) is 18.2. The van der Waals surface area contributed by atoms with Crippen molar-refractivity contribution < 1.29 is 5.11 Å². The molecule has 0 aromatic carbocycles. The first-order chi connectivity index (χ1) is 9.58. The van der Waals surface area contributed by atoms with Crippen molar-refractivity contribution in [3.63, 3.8) is 0 Å². The van der Waals surface area contributed by atoms with E-state index in [4.69, 9.17) is 11.1 Å². The minimum atomic E-state index is -0.465. The Morgan fingerprint density at radius 3 is 3.05 bits per heavy atom. The van der Waals surface area contributed by atoms with Crippen LogP contribution in [0.2, 0.25) is 0 Å². The highest BCUT2D eigenvalue weighted by atomic mass is 16.3. The molecule has 1 aliphatic heterocycles. The van der Waals surface area contributed by atoms with E-state index in [2.05, 4.69) is 9.88 Å². The summed E-state index contributed by atoms with van der Waals surface area (Å²) in [7, 11) is 0. The zero-order valence-electron chi connectivity index (χ0n) is 11.7. The van der Waals surface area contributed by atoms with Crippen molar-refractivity contribution >= 4 is 11.7 Å². The Bertz CT molecular complexity index is 518. The number of nitrogens with one attached hydrogen (secondary N) is 1. The molecule has 2 unspecified atom stereocenters. The molecule has 2 fully saturated rings. The average Bonchev–Trinajstić information content (AvgIpc) is 2.46. The molecule has 0 radical (unpaired) electrons. The summed E-state index contributed by atoms with van der Waals surface area (Å²) in [6, 6.07) is 5.60. The molecule has 1 aromatic rings. The van der Waals surface area contributed by atoms with Crippen LogP contribution in [-0.2, 0) is 0 Å². The summed E-state index contributed by atoms with van der Waals surface area (Å²) < 4.78 is 0. The van der Waals surface area contributed by atoms with E-state index in [9.17, 15) is 5.11 Å². The summed E-state index contributed by atoms with van der Waals surface area (Å²) in [6.45, 7) is 1.67. The van der Waals surface area contributed by atoms with E-state index < -0.39 is 5.60 Å². The number of aromatic nitrogens is 1. The van der Waals surface area contributed by atoms with Crippen molar-refractivity contribution in [2.24, 2.45) is 11.7 Å². The molecule has 2 heterocycles. The number of nitrogens with two attached hydrogens (primary N) is 1. The van der Waals surface area contributed by atoms with Gasteiger partial charge in [-0.1, -0.05) is 18.9 Å². The normalized spacial score (nSPS) is 29.9. The fraction of sp³-hybridized carbons (Fsp3) is 0.600. The summed E-state index contributed by atoms with van der Waals surface area (Å²) in [5.74, 6) is 1.20. The fourth-order valence-corrected chi connectivity index (χ4v) is 3.53. The molecule has 5 heteroatoms. The first kappa shape index (κ1) is 13.4. The van der Waals surface area contributed by atoms with Crippen LogP contribution in [-0.4, -0.2) is 34.6 Å². The third-order valence-electron chi connectivity index (χ3n) is 4.76. The van der Waals surface area contributed by atoms with Crippen LogP contribution in [0.25, 0.3) is 0 Å². The molecule has 4 N–H and O–H groups in total. The predicted molar refractivity (Wildman–Crippen MR) is 79.0 cm³/mol. The number of pyridine rings is 1. The highest BCUT2D eigenvalue weighted by Crippen LogP contribution is 2.40. The second-order valence-corrected chi connectivity index (χ2v) is 6.04. The molecular weight excluding hydrogens is 252 g/mol. The molecule has 1 aromatic heterocycles. The van der Waals surface area contributed by atoms with E-state index >= 15 is 0 Å². The molecule has 0 spiro atoms. The standard InChI is InChI=1S/C15H22N4O/c16-14(17)12-5-3-6-13(18-12)19-9-8-15(20)7-2-1-4-11(15)10-19/h3,5-6,11,20H,1-2,4,7-10H2,(H3,16,17). The number of aliphatic hydroxyl groups is 1. The smallest absolute Gasteiger partial charge is 0.141 e. The van der Waals surface area contributed by atoms with Gasteiger partial charge in [0.1, 0.15) is 17.3 Å². The van der Waals surface area contributed by atoms with E-state index in [1.807, 2.05) is 12.1 Å². The number of nitrogens with zero attached hydrogens (tertiary/aromatic N) is 2. The number of rotatable bonds is 2. The van der Waals surface area contributed by atoms with Gasteiger partial charge in [-0.05, 0) is 31.4 Å². The molecule has 108 valence electrons. The second kappa shape index (κ2) is 5.05. The van der Waals surface area contributed by atoms with Crippen LogP contribution in [0.3, 0.4) is 0 Å². The Kier molecular flexibility index (Phi) is 3.38. The number of fused-ring (bicyclic) bond motifs is 1. The molecule has 2 aliphatic rings. The molecule has 2 atom stereocenters. The molecule has 5 nitrogen and oxygen atoms in total. The van der Waals surface area contributed by atoms with Crippen LogP contribution in [0.1, 0.15) is 37.8 Å². The molecule has 1 aliphatic carbocycles. The minimum Gasteiger partial charge on any atom is -0.389 e. The lowest BCUT2D eigenvalue weighted by molar-refractivity contribution is -0.0613. The van der Waals surface area contributed by atoms with Crippen LogP contribution >= 0.6 is 0 Å². The Morgan fingerprint density at radius 2 is 2.25 bits per heavy atom. The Hall–Kier alpha value is -1.62. The maximum absolute atomic E-state index is 10.7. The second-order valence-electron chi connectivity index (χ2n) is 6.04. The van der Waals surface area contributed by atoms with Gasteiger partial charge in [-0.3, -0.25) is 5.41 Å². The van der Waals surface area contributed by atoms with Crippen molar-refractivity contribution in [3.8, 4) is 0 Å².